The lowest BCUT2D eigenvalue weighted by molar-refractivity contribution is 0.170. The van der Waals surface area contributed by atoms with E-state index in [9.17, 15) is 0 Å². The highest BCUT2D eigenvalue weighted by atomic mass is 16.6. The van der Waals surface area contributed by atoms with Gasteiger partial charge in [-0.25, -0.2) is 0 Å². The lowest BCUT2D eigenvalue weighted by atomic mass is 10.3. The van der Waals surface area contributed by atoms with Gasteiger partial charge in [0.05, 0.1) is 6.21 Å². The molecule has 13 heavy (non-hydrogen) atoms. The van der Waals surface area contributed by atoms with Gasteiger partial charge in [-0.2, -0.15) is 0 Å². The maximum absolute atomic E-state index is 4.95. The van der Waals surface area contributed by atoms with Crippen LogP contribution < -0.4 is 0 Å². The number of hydrogen-bond acceptors (Lipinski definition) is 3. The Kier molecular flexibility index (Phi) is 3.70. The Labute approximate surface area is 77.7 Å². The summed E-state index contributed by atoms with van der Waals surface area (Å²) in [5.74, 6) is 0. The average Bonchev–Trinajstić information content (AvgIpc) is 2.14. The summed E-state index contributed by atoms with van der Waals surface area (Å²) < 4.78 is 0. The monoisotopic (exact) mass is 176 g/mol. The molecule has 0 unspecified atom stereocenters. The summed E-state index contributed by atoms with van der Waals surface area (Å²) in [4.78, 5) is 8.83. The maximum atomic E-state index is 4.95. The molecular formula is C10H12N2O. The molecule has 0 bridgehead atoms. The molecule has 0 radical (unpaired) electrons. The Morgan fingerprint density at radius 3 is 2.92 bits per heavy atom. The maximum Gasteiger partial charge on any atom is 0.137 e. The topological polar surface area (TPSA) is 34.5 Å². The summed E-state index contributed by atoms with van der Waals surface area (Å²) in [6, 6.07) is 3.71. The van der Waals surface area contributed by atoms with Crippen molar-refractivity contribution in [3.05, 3.63) is 42.2 Å². The van der Waals surface area contributed by atoms with E-state index in [0.717, 1.165) is 11.1 Å². The van der Waals surface area contributed by atoms with Crippen molar-refractivity contribution in [2.75, 3.05) is 6.61 Å². The highest BCUT2D eigenvalue weighted by molar-refractivity contribution is 5.78. The second-order valence-electron chi connectivity index (χ2n) is 2.75. The van der Waals surface area contributed by atoms with Gasteiger partial charge in [-0.3, -0.25) is 4.98 Å². The van der Waals surface area contributed by atoms with Gasteiger partial charge in [0.1, 0.15) is 6.61 Å². The smallest absolute Gasteiger partial charge is 0.137 e. The van der Waals surface area contributed by atoms with Crippen LogP contribution in [0.4, 0.5) is 0 Å². The van der Waals surface area contributed by atoms with Crippen LogP contribution in [0.1, 0.15) is 12.5 Å². The molecule has 0 N–H and O–H groups in total. The molecule has 0 saturated carbocycles. The minimum Gasteiger partial charge on any atom is -0.391 e. The van der Waals surface area contributed by atoms with Crippen molar-refractivity contribution in [2.45, 2.75) is 6.92 Å². The zero-order chi connectivity index (χ0) is 9.52. The number of nitrogens with zero attached hydrogens (tertiary/aromatic N) is 2. The molecule has 0 fully saturated rings. The second kappa shape index (κ2) is 5.09. The predicted octanol–water partition coefficient (Wildman–Crippen LogP) is 2.01. The van der Waals surface area contributed by atoms with Gasteiger partial charge in [0.25, 0.3) is 0 Å². The van der Waals surface area contributed by atoms with E-state index in [1.807, 2.05) is 19.1 Å². The first kappa shape index (κ1) is 9.45. The minimum atomic E-state index is 0.460. The van der Waals surface area contributed by atoms with Crippen LogP contribution in [0.3, 0.4) is 0 Å². The Bertz CT molecular complexity index is 293. The first-order valence-corrected chi connectivity index (χ1v) is 3.99. The van der Waals surface area contributed by atoms with Gasteiger partial charge in [0.15, 0.2) is 0 Å². The molecule has 0 spiro atoms. The van der Waals surface area contributed by atoms with Crippen molar-refractivity contribution in [3.8, 4) is 0 Å². The molecular weight excluding hydrogens is 164 g/mol. The van der Waals surface area contributed by atoms with E-state index in [1.165, 1.54) is 0 Å². The van der Waals surface area contributed by atoms with Crippen molar-refractivity contribution in [1.82, 2.24) is 4.98 Å². The van der Waals surface area contributed by atoms with Crippen LogP contribution in [0.5, 0.6) is 0 Å². The van der Waals surface area contributed by atoms with Gasteiger partial charge >= 0.3 is 0 Å². The second-order valence-corrected chi connectivity index (χ2v) is 2.75. The molecule has 3 nitrogen and oxygen atoms in total. The van der Waals surface area contributed by atoms with Crippen LogP contribution in [0.15, 0.2) is 41.8 Å². The number of rotatable bonds is 4. The molecule has 1 aromatic heterocycles. The highest BCUT2D eigenvalue weighted by Gasteiger charge is 1.85. The molecule has 68 valence electrons. The number of oxime groups is 1. The van der Waals surface area contributed by atoms with Gasteiger partial charge in [0.2, 0.25) is 0 Å². The van der Waals surface area contributed by atoms with E-state index in [1.54, 1.807) is 18.6 Å². The first-order chi connectivity index (χ1) is 6.29. The fourth-order valence-corrected chi connectivity index (χ4v) is 0.695. The fourth-order valence-electron chi connectivity index (χ4n) is 0.695. The summed E-state index contributed by atoms with van der Waals surface area (Å²) in [6.45, 7) is 6.04. The Morgan fingerprint density at radius 2 is 2.31 bits per heavy atom. The van der Waals surface area contributed by atoms with E-state index in [2.05, 4.69) is 16.7 Å². The average molecular weight is 176 g/mol. The highest BCUT2D eigenvalue weighted by Crippen LogP contribution is 1.93. The van der Waals surface area contributed by atoms with E-state index in [0.29, 0.717) is 6.61 Å². The summed E-state index contributed by atoms with van der Waals surface area (Å²) in [5, 5.41) is 3.77. The van der Waals surface area contributed by atoms with Crippen molar-refractivity contribution in [2.24, 2.45) is 5.16 Å². The van der Waals surface area contributed by atoms with Gasteiger partial charge < -0.3 is 4.84 Å². The molecule has 1 aromatic rings. The summed E-state index contributed by atoms with van der Waals surface area (Å²) in [5.41, 5.74) is 1.92. The summed E-state index contributed by atoms with van der Waals surface area (Å²) in [6.07, 6.45) is 5.06. The van der Waals surface area contributed by atoms with Crippen molar-refractivity contribution in [1.29, 1.82) is 0 Å². The van der Waals surface area contributed by atoms with Crippen LogP contribution >= 0.6 is 0 Å². The molecule has 0 atom stereocenters. The SMILES string of the molecule is C=C(C)CO/N=C/c1ccncc1. The molecule has 0 saturated heterocycles. The number of hydrogen-bond donors (Lipinski definition) is 0. The van der Waals surface area contributed by atoms with E-state index in [4.69, 9.17) is 4.84 Å². The van der Waals surface area contributed by atoms with E-state index < -0.39 is 0 Å². The standard InChI is InChI=1S/C10H12N2O/c1-9(2)8-13-12-7-10-3-5-11-6-4-10/h3-7H,1,8H2,2H3/b12-7+. The third kappa shape index (κ3) is 4.06. The zero-order valence-corrected chi connectivity index (χ0v) is 7.60. The molecule has 1 rings (SSSR count). The Hall–Kier alpha value is -1.64. The first-order valence-electron chi connectivity index (χ1n) is 3.99. The number of pyridine rings is 1. The molecule has 0 aliphatic carbocycles. The zero-order valence-electron chi connectivity index (χ0n) is 7.60. The van der Waals surface area contributed by atoms with Crippen LogP contribution in [0.2, 0.25) is 0 Å². The normalized spacial score (nSPS) is 10.2. The van der Waals surface area contributed by atoms with Crippen LogP contribution in [0, 0.1) is 0 Å². The quantitative estimate of drug-likeness (QED) is 0.399. The third-order valence-electron chi connectivity index (χ3n) is 1.29. The van der Waals surface area contributed by atoms with Crippen molar-refractivity contribution < 1.29 is 4.84 Å². The minimum absolute atomic E-state index is 0.460. The largest absolute Gasteiger partial charge is 0.391 e. The lowest BCUT2D eigenvalue weighted by Crippen LogP contribution is -1.89. The summed E-state index contributed by atoms with van der Waals surface area (Å²) >= 11 is 0. The molecule has 1 heterocycles. The summed E-state index contributed by atoms with van der Waals surface area (Å²) in [7, 11) is 0. The Morgan fingerprint density at radius 1 is 1.62 bits per heavy atom. The number of aromatic nitrogens is 1. The fraction of sp³-hybridized carbons (Fsp3) is 0.200. The van der Waals surface area contributed by atoms with Gasteiger partial charge in [-0.05, 0) is 30.2 Å². The van der Waals surface area contributed by atoms with E-state index in [-0.39, 0.29) is 0 Å². The van der Waals surface area contributed by atoms with Gasteiger partial charge in [-0.15, -0.1) is 0 Å². The van der Waals surface area contributed by atoms with Crippen LogP contribution in [-0.2, 0) is 4.84 Å². The molecule has 0 aliphatic heterocycles. The lowest BCUT2D eigenvalue weighted by Gasteiger charge is -1.95. The molecule has 0 amide bonds. The Balaban J connectivity index is 2.37. The molecule has 0 aromatic carbocycles. The molecule has 0 aliphatic rings. The van der Waals surface area contributed by atoms with Crippen molar-refractivity contribution in [3.63, 3.8) is 0 Å². The van der Waals surface area contributed by atoms with Crippen LogP contribution in [-0.4, -0.2) is 17.8 Å². The van der Waals surface area contributed by atoms with Crippen molar-refractivity contribution >= 4 is 6.21 Å². The van der Waals surface area contributed by atoms with Gasteiger partial charge in [0, 0.05) is 12.4 Å². The van der Waals surface area contributed by atoms with E-state index >= 15 is 0 Å². The van der Waals surface area contributed by atoms with Crippen LogP contribution in [0.25, 0.3) is 0 Å². The molecule has 3 heteroatoms. The third-order valence-corrected chi connectivity index (χ3v) is 1.29. The predicted molar refractivity (Wildman–Crippen MR) is 52.6 cm³/mol. The van der Waals surface area contributed by atoms with Gasteiger partial charge in [-0.1, -0.05) is 11.7 Å².